The average Bonchev–Trinajstić information content (AvgIpc) is 2.98. The van der Waals surface area contributed by atoms with Gasteiger partial charge in [-0.1, -0.05) is 18.2 Å². The van der Waals surface area contributed by atoms with Crippen LogP contribution in [0.25, 0.3) is 0 Å². The fourth-order valence-corrected chi connectivity index (χ4v) is 4.50. The van der Waals surface area contributed by atoms with Crippen LogP contribution in [0, 0.1) is 0 Å². The summed E-state index contributed by atoms with van der Waals surface area (Å²) in [5.74, 6) is -0.906. The molecule has 2 heterocycles. The summed E-state index contributed by atoms with van der Waals surface area (Å²) >= 11 is 1.56. The zero-order chi connectivity index (χ0) is 15.9. The van der Waals surface area contributed by atoms with Crippen molar-refractivity contribution in [3.05, 3.63) is 35.4 Å². The van der Waals surface area contributed by atoms with E-state index < -0.39 is 11.5 Å². The first-order chi connectivity index (χ1) is 10.4. The number of nitrogens with zero attached hydrogens (tertiary/aromatic N) is 1. The van der Waals surface area contributed by atoms with Gasteiger partial charge < -0.3 is 15.3 Å². The standard InChI is InChI=1S/C15H16N2O4S/c1-15(14(21)16-7-6-11(18)19)8-22-13-10-5-3-2-4-9(10)12(20)17(13)15/h2-5,13H,6-8H2,1H3,(H,16,21)(H,18,19)/t13-,15+/m0/s1. The minimum Gasteiger partial charge on any atom is -0.481 e. The molecule has 7 heteroatoms. The molecule has 0 unspecified atom stereocenters. The number of amides is 2. The van der Waals surface area contributed by atoms with Crippen LogP contribution in [0.5, 0.6) is 0 Å². The third-order valence-electron chi connectivity index (χ3n) is 4.08. The summed E-state index contributed by atoms with van der Waals surface area (Å²) in [5.41, 5.74) is 0.632. The highest BCUT2D eigenvalue weighted by Crippen LogP contribution is 2.52. The number of carbonyl (C=O) groups excluding carboxylic acids is 2. The van der Waals surface area contributed by atoms with E-state index in [0.29, 0.717) is 11.3 Å². The molecule has 0 spiro atoms. The van der Waals surface area contributed by atoms with Gasteiger partial charge in [0.05, 0.1) is 6.42 Å². The number of aliphatic carboxylic acids is 1. The highest BCUT2D eigenvalue weighted by Gasteiger charge is 2.55. The number of fused-ring (bicyclic) bond motifs is 3. The molecule has 3 rings (SSSR count). The van der Waals surface area contributed by atoms with Crippen molar-refractivity contribution in [2.24, 2.45) is 0 Å². The molecule has 6 nitrogen and oxygen atoms in total. The van der Waals surface area contributed by atoms with Crippen molar-refractivity contribution in [2.75, 3.05) is 12.3 Å². The van der Waals surface area contributed by atoms with Gasteiger partial charge in [-0.2, -0.15) is 0 Å². The molecule has 2 atom stereocenters. The maximum absolute atomic E-state index is 12.6. The lowest BCUT2D eigenvalue weighted by molar-refractivity contribution is -0.137. The van der Waals surface area contributed by atoms with Crippen LogP contribution in [0.3, 0.4) is 0 Å². The summed E-state index contributed by atoms with van der Waals surface area (Å²) in [6.07, 6.45) is -0.132. The molecule has 0 saturated carbocycles. The van der Waals surface area contributed by atoms with Crippen molar-refractivity contribution in [1.82, 2.24) is 10.2 Å². The van der Waals surface area contributed by atoms with E-state index in [2.05, 4.69) is 5.32 Å². The fraction of sp³-hybridized carbons (Fsp3) is 0.400. The lowest BCUT2D eigenvalue weighted by Crippen LogP contribution is -2.56. The molecule has 1 aromatic rings. The molecule has 0 bridgehead atoms. The number of carboxylic acids is 1. The van der Waals surface area contributed by atoms with Gasteiger partial charge in [-0.25, -0.2) is 0 Å². The molecule has 1 saturated heterocycles. The maximum Gasteiger partial charge on any atom is 0.305 e. The van der Waals surface area contributed by atoms with Gasteiger partial charge in [-0.15, -0.1) is 11.8 Å². The predicted molar refractivity (Wildman–Crippen MR) is 81.5 cm³/mol. The van der Waals surface area contributed by atoms with Crippen LogP contribution in [0.1, 0.15) is 34.6 Å². The van der Waals surface area contributed by atoms with Gasteiger partial charge in [0.2, 0.25) is 5.91 Å². The fourth-order valence-electron chi connectivity index (χ4n) is 2.89. The largest absolute Gasteiger partial charge is 0.481 e. The highest BCUT2D eigenvalue weighted by atomic mass is 32.2. The van der Waals surface area contributed by atoms with Crippen molar-refractivity contribution >= 4 is 29.5 Å². The van der Waals surface area contributed by atoms with Crippen LogP contribution in [-0.2, 0) is 9.59 Å². The Balaban J connectivity index is 1.81. The monoisotopic (exact) mass is 320 g/mol. The first kappa shape index (κ1) is 14.9. The number of nitrogens with one attached hydrogen (secondary N) is 1. The summed E-state index contributed by atoms with van der Waals surface area (Å²) in [6.45, 7) is 1.80. The Morgan fingerprint density at radius 2 is 2.18 bits per heavy atom. The molecule has 2 amide bonds. The molecular weight excluding hydrogens is 304 g/mol. The number of benzene rings is 1. The number of rotatable bonds is 4. The van der Waals surface area contributed by atoms with E-state index in [9.17, 15) is 14.4 Å². The van der Waals surface area contributed by atoms with Crippen molar-refractivity contribution in [3.8, 4) is 0 Å². The second-order valence-electron chi connectivity index (χ2n) is 5.60. The Bertz CT molecular complexity index is 663. The summed E-state index contributed by atoms with van der Waals surface area (Å²) in [5, 5.41) is 11.1. The maximum atomic E-state index is 12.6. The van der Waals surface area contributed by atoms with Crippen LogP contribution >= 0.6 is 11.8 Å². The first-order valence-electron chi connectivity index (χ1n) is 6.99. The van der Waals surface area contributed by atoms with Gasteiger partial charge in [-0.05, 0) is 18.6 Å². The summed E-state index contributed by atoms with van der Waals surface area (Å²) in [7, 11) is 0. The third kappa shape index (κ3) is 2.16. The summed E-state index contributed by atoms with van der Waals surface area (Å²) in [6, 6.07) is 7.39. The molecule has 116 valence electrons. The van der Waals surface area contributed by atoms with Gasteiger partial charge >= 0.3 is 5.97 Å². The van der Waals surface area contributed by atoms with Crippen molar-refractivity contribution in [2.45, 2.75) is 24.3 Å². The van der Waals surface area contributed by atoms with Gasteiger partial charge in [-0.3, -0.25) is 14.4 Å². The van der Waals surface area contributed by atoms with E-state index in [0.717, 1.165) is 5.56 Å². The van der Waals surface area contributed by atoms with E-state index >= 15 is 0 Å². The molecule has 2 N–H and O–H groups in total. The smallest absolute Gasteiger partial charge is 0.305 e. The van der Waals surface area contributed by atoms with Crippen LogP contribution < -0.4 is 5.32 Å². The number of hydrogen-bond donors (Lipinski definition) is 2. The van der Waals surface area contributed by atoms with E-state index in [1.165, 1.54) is 0 Å². The van der Waals surface area contributed by atoms with Crippen LogP contribution in [0.15, 0.2) is 24.3 Å². The topological polar surface area (TPSA) is 86.7 Å². The Labute approximate surface area is 131 Å². The van der Waals surface area contributed by atoms with E-state index in [1.54, 1.807) is 29.7 Å². The highest BCUT2D eigenvalue weighted by molar-refractivity contribution is 7.99. The SMILES string of the molecule is C[C@]1(C(=O)NCCC(=O)O)CS[C@H]2c3ccccc3C(=O)N21. The Hall–Kier alpha value is -2.02. The average molecular weight is 320 g/mol. The Morgan fingerprint density at radius 3 is 2.91 bits per heavy atom. The van der Waals surface area contributed by atoms with E-state index in [-0.39, 0.29) is 30.2 Å². The van der Waals surface area contributed by atoms with E-state index in [4.69, 9.17) is 5.11 Å². The quantitative estimate of drug-likeness (QED) is 0.871. The number of hydrogen-bond acceptors (Lipinski definition) is 4. The Morgan fingerprint density at radius 1 is 1.45 bits per heavy atom. The second kappa shape index (κ2) is 5.31. The van der Waals surface area contributed by atoms with Crippen molar-refractivity contribution < 1.29 is 19.5 Å². The molecule has 2 aliphatic heterocycles. The molecule has 0 aliphatic carbocycles. The van der Waals surface area contributed by atoms with Crippen molar-refractivity contribution in [3.63, 3.8) is 0 Å². The van der Waals surface area contributed by atoms with Gasteiger partial charge in [0.15, 0.2) is 0 Å². The molecule has 0 radical (unpaired) electrons. The minimum atomic E-state index is -0.964. The molecule has 1 fully saturated rings. The summed E-state index contributed by atoms with van der Waals surface area (Å²) < 4.78 is 0. The number of carboxylic acid groups (broad SMARTS) is 1. The van der Waals surface area contributed by atoms with Crippen LogP contribution in [0.4, 0.5) is 0 Å². The normalized spacial score (nSPS) is 25.8. The first-order valence-corrected chi connectivity index (χ1v) is 8.04. The summed E-state index contributed by atoms with van der Waals surface area (Å²) in [4.78, 5) is 37.3. The second-order valence-corrected chi connectivity index (χ2v) is 6.67. The lowest BCUT2D eigenvalue weighted by atomic mass is 10.0. The zero-order valence-corrected chi connectivity index (χ0v) is 12.9. The van der Waals surface area contributed by atoms with E-state index in [1.807, 2.05) is 18.2 Å². The van der Waals surface area contributed by atoms with Crippen LogP contribution in [0.2, 0.25) is 0 Å². The molecule has 1 aromatic carbocycles. The van der Waals surface area contributed by atoms with Crippen molar-refractivity contribution in [1.29, 1.82) is 0 Å². The molecule has 0 aromatic heterocycles. The Kier molecular flexibility index (Phi) is 3.60. The predicted octanol–water partition coefficient (Wildman–Crippen LogP) is 1.24. The lowest BCUT2D eigenvalue weighted by Gasteiger charge is -2.32. The third-order valence-corrected chi connectivity index (χ3v) is 5.59. The zero-order valence-electron chi connectivity index (χ0n) is 12.0. The van der Waals surface area contributed by atoms with Gasteiger partial charge in [0, 0.05) is 17.9 Å². The van der Waals surface area contributed by atoms with Crippen LogP contribution in [-0.4, -0.2) is 45.6 Å². The number of thioether (sulfide) groups is 1. The minimum absolute atomic E-state index is 0.0636. The molecule has 22 heavy (non-hydrogen) atoms. The molecule has 2 aliphatic rings. The number of carbonyl (C=O) groups is 3. The van der Waals surface area contributed by atoms with Gasteiger partial charge in [0.1, 0.15) is 10.9 Å². The van der Waals surface area contributed by atoms with Gasteiger partial charge in [0.25, 0.3) is 5.91 Å². The molecular formula is C15H16N2O4S.